The van der Waals surface area contributed by atoms with Crippen molar-refractivity contribution in [2.45, 2.75) is 25.2 Å². The second-order valence-corrected chi connectivity index (χ2v) is 15.7. The van der Waals surface area contributed by atoms with Crippen molar-refractivity contribution in [3.63, 3.8) is 0 Å². The van der Waals surface area contributed by atoms with Gasteiger partial charge >= 0.3 is 11.9 Å². The number of hydrogen-bond acceptors (Lipinski definition) is 17. The Bertz CT molecular complexity index is 2560. The van der Waals surface area contributed by atoms with Gasteiger partial charge in [-0.2, -0.15) is 10.5 Å². The molecule has 63 heavy (non-hydrogen) atoms. The molecule has 0 spiro atoms. The van der Waals surface area contributed by atoms with Crippen LogP contribution in [0.5, 0.6) is 11.5 Å². The third kappa shape index (κ3) is 13.7. The van der Waals surface area contributed by atoms with Gasteiger partial charge in [-0.15, -0.1) is 34.0 Å². The zero-order valence-electron chi connectivity index (χ0n) is 33.3. The van der Waals surface area contributed by atoms with Crippen molar-refractivity contribution in [1.29, 1.82) is 10.5 Å². The second-order valence-electron chi connectivity index (χ2n) is 12.7. The predicted molar refractivity (Wildman–Crippen MR) is 229 cm³/mol. The van der Waals surface area contributed by atoms with E-state index in [0.29, 0.717) is 16.0 Å². The summed E-state index contributed by atoms with van der Waals surface area (Å²) in [6, 6.07) is 20.1. The summed E-state index contributed by atoms with van der Waals surface area (Å²) in [5, 5.41) is 52.1. The molecule has 19 nitrogen and oxygen atoms in total. The van der Waals surface area contributed by atoms with Crippen molar-refractivity contribution in [1.82, 2.24) is 26.6 Å². The molecular weight excluding hydrogens is 877 g/mol. The standard InChI is InChI=1S/C23H20N4O6S2.C18H18N4O5S/c1-33-23(32)16(12-26-20(29)17-6-3-7-34-17)27-22(31)19-14(10-24)9-18(35-19)21(30)25-11-13-4-2-5-15(28)8-13;1-27-18(26)13(8-20)22-17(25)15-11(7-19)6-14(28-15)16(24)21-9-10-3-2-4-12(23)5-10/h2-9,16,28H,11-12H2,1H3,(H,25,30)(H,26,29)(H,27,31);2-6,13,23H,8-9,20H2,1H3,(H,21,24)(H,22,25)/t16-;13-/m00/s1. The van der Waals surface area contributed by atoms with Crippen LogP contribution in [-0.2, 0) is 32.2 Å². The summed E-state index contributed by atoms with van der Waals surface area (Å²) in [4.78, 5) is 86.7. The average Bonchev–Trinajstić information content (AvgIpc) is 4.09. The molecule has 0 bridgehead atoms. The first-order chi connectivity index (χ1) is 30.2. The van der Waals surface area contributed by atoms with Crippen LogP contribution in [0.1, 0.15) is 70.6 Å². The maximum absolute atomic E-state index is 12.9. The van der Waals surface area contributed by atoms with Gasteiger partial charge in [-0.05, 0) is 59.0 Å². The fourth-order valence-corrected chi connectivity index (χ4v) is 7.71. The molecule has 2 atom stereocenters. The van der Waals surface area contributed by atoms with E-state index in [2.05, 4.69) is 31.3 Å². The van der Waals surface area contributed by atoms with Crippen molar-refractivity contribution in [2.24, 2.45) is 5.73 Å². The number of nitriles is 2. The highest BCUT2D eigenvalue weighted by molar-refractivity contribution is 7.16. The van der Waals surface area contributed by atoms with E-state index in [4.69, 9.17) is 10.5 Å². The van der Waals surface area contributed by atoms with Gasteiger partial charge in [-0.1, -0.05) is 30.3 Å². The van der Waals surface area contributed by atoms with Gasteiger partial charge in [-0.3, -0.25) is 24.0 Å². The van der Waals surface area contributed by atoms with E-state index in [-0.39, 0.29) is 68.3 Å². The number of benzene rings is 2. The molecule has 0 unspecified atom stereocenters. The van der Waals surface area contributed by atoms with Crippen molar-refractivity contribution in [2.75, 3.05) is 27.3 Å². The summed E-state index contributed by atoms with van der Waals surface area (Å²) in [5.74, 6) is -4.23. The van der Waals surface area contributed by atoms with Crippen LogP contribution in [0, 0.1) is 22.7 Å². The number of hydrogen-bond donors (Lipinski definition) is 8. The van der Waals surface area contributed by atoms with Crippen molar-refractivity contribution in [3.05, 3.63) is 125 Å². The molecule has 0 aliphatic heterocycles. The summed E-state index contributed by atoms with van der Waals surface area (Å²) in [7, 11) is 2.31. The Labute approximate surface area is 371 Å². The minimum Gasteiger partial charge on any atom is -0.508 e. The number of esters is 2. The van der Waals surface area contributed by atoms with Gasteiger partial charge < -0.3 is 52.0 Å². The fourth-order valence-electron chi connectivity index (χ4n) is 5.21. The lowest BCUT2D eigenvalue weighted by atomic mass is 10.2. The van der Waals surface area contributed by atoms with Gasteiger partial charge in [0.05, 0.1) is 40.0 Å². The highest BCUT2D eigenvalue weighted by Crippen LogP contribution is 2.24. The molecule has 3 aromatic heterocycles. The van der Waals surface area contributed by atoms with Gasteiger partial charge in [0.2, 0.25) is 0 Å². The third-order valence-electron chi connectivity index (χ3n) is 8.32. The molecule has 22 heteroatoms. The van der Waals surface area contributed by atoms with Crippen LogP contribution < -0.4 is 32.3 Å². The highest BCUT2D eigenvalue weighted by Gasteiger charge is 2.28. The van der Waals surface area contributed by atoms with Gasteiger partial charge in [0.1, 0.15) is 45.5 Å². The van der Waals surface area contributed by atoms with E-state index in [9.17, 15) is 54.3 Å². The molecule has 0 fully saturated rings. The van der Waals surface area contributed by atoms with Crippen molar-refractivity contribution < 1.29 is 53.2 Å². The zero-order valence-corrected chi connectivity index (χ0v) is 35.7. The van der Waals surface area contributed by atoms with Crippen LogP contribution in [0.4, 0.5) is 0 Å². The maximum Gasteiger partial charge on any atom is 0.330 e. The first kappa shape index (κ1) is 48.0. The maximum atomic E-state index is 12.9. The molecule has 5 rings (SSSR count). The number of phenols is 2. The largest absolute Gasteiger partial charge is 0.508 e. The van der Waals surface area contributed by atoms with Crippen LogP contribution in [0.3, 0.4) is 0 Å². The first-order valence-corrected chi connectivity index (χ1v) is 20.7. The number of phenolic OH excluding ortho intramolecular Hbond substituents is 2. The fraction of sp³-hybridized carbons (Fsp3) is 0.195. The van der Waals surface area contributed by atoms with E-state index in [0.717, 1.165) is 36.9 Å². The smallest absolute Gasteiger partial charge is 0.330 e. The molecule has 3 heterocycles. The van der Waals surface area contributed by atoms with E-state index < -0.39 is 53.6 Å². The van der Waals surface area contributed by atoms with Gasteiger partial charge in [0, 0.05) is 26.2 Å². The number of ether oxygens (including phenoxy) is 2. The first-order valence-electron chi connectivity index (χ1n) is 18.2. The molecule has 0 aliphatic carbocycles. The Balaban J connectivity index is 0.000000284. The predicted octanol–water partition coefficient (Wildman–Crippen LogP) is 2.50. The number of methoxy groups -OCH3 is 2. The van der Waals surface area contributed by atoms with Crippen molar-refractivity contribution in [3.8, 4) is 23.6 Å². The van der Waals surface area contributed by atoms with Crippen LogP contribution in [0.2, 0.25) is 0 Å². The topological polar surface area (TPSA) is 312 Å². The number of rotatable bonds is 16. The number of nitrogens with one attached hydrogen (secondary N) is 5. The van der Waals surface area contributed by atoms with E-state index in [1.807, 2.05) is 12.1 Å². The number of thiophene rings is 3. The number of carbonyl (C=O) groups is 7. The lowest BCUT2D eigenvalue weighted by molar-refractivity contribution is -0.143. The molecule has 0 radical (unpaired) electrons. The minimum atomic E-state index is -1.21. The minimum absolute atomic E-state index is 0.00522. The van der Waals surface area contributed by atoms with E-state index >= 15 is 0 Å². The van der Waals surface area contributed by atoms with Gasteiger partial charge in [-0.25, -0.2) is 9.59 Å². The SMILES string of the molecule is COC(=O)[C@H](CN)NC(=O)c1sc(C(=O)NCc2cccc(O)c2)cc1C#N.COC(=O)[C@H](CNC(=O)c1cccs1)NC(=O)c1sc(C(=O)NCc2cccc(O)c2)cc1C#N. The number of carbonyl (C=O) groups excluding carboxylic acids is 7. The number of nitrogens with zero attached hydrogens (tertiary/aromatic N) is 2. The molecule has 326 valence electrons. The molecule has 5 aromatic rings. The summed E-state index contributed by atoms with van der Waals surface area (Å²) >= 11 is 2.83. The van der Waals surface area contributed by atoms with E-state index in [1.54, 1.807) is 41.8 Å². The Hall–Kier alpha value is -7.63. The summed E-state index contributed by atoms with van der Waals surface area (Å²) in [6.07, 6.45) is 0. The Morgan fingerprint density at radius 3 is 1.51 bits per heavy atom. The lowest BCUT2D eigenvalue weighted by Gasteiger charge is -2.16. The summed E-state index contributed by atoms with van der Waals surface area (Å²) < 4.78 is 9.25. The quantitative estimate of drug-likeness (QED) is 0.0660. The molecule has 2 aromatic carbocycles. The van der Waals surface area contributed by atoms with Gasteiger partial charge in [0.15, 0.2) is 0 Å². The van der Waals surface area contributed by atoms with Crippen LogP contribution >= 0.6 is 34.0 Å². The number of aromatic hydroxyl groups is 2. The summed E-state index contributed by atoms with van der Waals surface area (Å²) in [6.45, 7) is -0.127. The molecular formula is C41H38N8O11S3. The Morgan fingerprint density at radius 1 is 0.635 bits per heavy atom. The number of amides is 5. The second kappa shape index (κ2) is 23.4. The monoisotopic (exact) mass is 914 g/mol. The molecule has 5 amide bonds. The highest BCUT2D eigenvalue weighted by atomic mass is 32.1. The lowest BCUT2D eigenvalue weighted by Crippen LogP contribution is -2.48. The molecule has 0 saturated heterocycles. The van der Waals surface area contributed by atoms with Gasteiger partial charge in [0.25, 0.3) is 29.5 Å². The molecule has 0 aliphatic rings. The average molecular weight is 915 g/mol. The Morgan fingerprint density at radius 2 is 1.10 bits per heavy atom. The number of nitrogens with two attached hydrogens (primary N) is 1. The third-order valence-corrected chi connectivity index (χ3v) is 11.5. The molecule has 9 N–H and O–H groups in total. The van der Waals surface area contributed by atoms with Crippen LogP contribution in [-0.4, -0.2) is 91.1 Å². The zero-order chi connectivity index (χ0) is 46.1. The van der Waals surface area contributed by atoms with Crippen LogP contribution in [0.15, 0.2) is 78.2 Å². The summed E-state index contributed by atoms with van der Waals surface area (Å²) in [5.41, 5.74) is 6.76. The van der Waals surface area contributed by atoms with Crippen molar-refractivity contribution >= 4 is 75.5 Å². The van der Waals surface area contributed by atoms with E-state index in [1.165, 1.54) is 47.7 Å². The Kier molecular flexibility index (Phi) is 17.8. The molecule has 0 saturated carbocycles. The normalized spacial score (nSPS) is 11.1. The van der Waals surface area contributed by atoms with Crippen LogP contribution in [0.25, 0.3) is 0 Å².